The molecule has 0 spiro atoms. The normalized spacial score (nSPS) is 12.5. The van der Waals surface area contributed by atoms with Crippen molar-refractivity contribution < 1.29 is 0 Å². The first-order valence-electron chi connectivity index (χ1n) is 5.93. The topological polar surface area (TPSA) is 12.0 Å². The van der Waals surface area contributed by atoms with Gasteiger partial charge in [-0.2, -0.15) is 0 Å². The molecule has 1 atom stereocenters. The highest BCUT2D eigenvalue weighted by Crippen LogP contribution is 2.15. The molecule has 0 aliphatic heterocycles. The molecule has 1 aromatic carbocycles. The highest BCUT2D eigenvalue weighted by molar-refractivity contribution is 5.30. The Labute approximate surface area is 99.6 Å². The van der Waals surface area contributed by atoms with E-state index >= 15 is 0 Å². The van der Waals surface area contributed by atoms with Crippen molar-refractivity contribution in [2.45, 2.75) is 39.7 Å². The van der Waals surface area contributed by atoms with Crippen LogP contribution in [0.4, 0.5) is 0 Å². The largest absolute Gasteiger partial charge is 0.313 e. The Morgan fingerprint density at radius 2 is 2.06 bits per heavy atom. The summed E-state index contributed by atoms with van der Waals surface area (Å²) in [7, 11) is 2.00. The maximum Gasteiger partial charge on any atom is 0.0274 e. The van der Waals surface area contributed by atoms with Crippen LogP contribution in [0, 0.1) is 13.8 Å². The average Bonchev–Trinajstić information content (AvgIpc) is 2.21. The fraction of sp³-hybridized carbons (Fsp3) is 0.467. The van der Waals surface area contributed by atoms with Gasteiger partial charge in [0.25, 0.3) is 0 Å². The SMILES string of the molecule is C=C(C)C(CCc1ccc(C)cc1C)NC. The van der Waals surface area contributed by atoms with Gasteiger partial charge < -0.3 is 5.32 Å². The molecule has 0 aliphatic rings. The first kappa shape index (κ1) is 13.0. The Morgan fingerprint density at radius 1 is 1.38 bits per heavy atom. The lowest BCUT2D eigenvalue weighted by atomic mass is 9.97. The van der Waals surface area contributed by atoms with Gasteiger partial charge in [0.1, 0.15) is 0 Å². The Hall–Kier alpha value is -1.08. The summed E-state index contributed by atoms with van der Waals surface area (Å²) in [5.74, 6) is 0. The second-order valence-corrected chi connectivity index (χ2v) is 4.66. The van der Waals surface area contributed by atoms with Crippen molar-refractivity contribution in [2.24, 2.45) is 0 Å². The maximum absolute atomic E-state index is 4.01. The van der Waals surface area contributed by atoms with Crippen molar-refractivity contribution in [1.82, 2.24) is 5.32 Å². The third kappa shape index (κ3) is 3.49. The fourth-order valence-electron chi connectivity index (χ4n) is 2.06. The molecule has 0 heterocycles. The fourth-order valence-corrected chi connectivity index (χ4v) is 2.06. The molecular weight excluding hydrogens is 194 g/mol. The van der Waals surface area contributed by atoms with E-state index in [-0.39, 0.29) is 0 Å². The Morgan fingerprint density at radius 3 is 2.56 bits per heavy atom. The van der Waals surface area contributed by atoms with Crippen molar-refractivity contribution >= 4 is 0 Å². The van der Waals surface area contributed by atoms with Crippen LogP contribution in [0.15, 0.2) is 30.4 Å². The number of rotatable bonds is 5. The highest BCUT2D eigenvalue weighted by atomic mass is 14.9. The van der Waals surface area contributed by atoms with E-state index in [4.69, 9.17) is 0 Å². The van der Waals surface area contributed by atoms with Gasteiger partial charge in [0.2, 0.25) is 0 Å². The quantitative estimate of drug-likeness (QED) is 0.745. The lowest BCUT2D eigenvalue weighted by molar-refractivity contribution is 0.587. The van der Waals surface area contributed by atoms with Crippen LogP contribution in [0.3, 0.4) is 0 Å². The van der Waals surface area contributed by atoms with E-state index in [1.165, 1.54) is 22.3 Å². The Bertz CT molecular complexity index is 366. The van der Waals surface area contributed by atoms with Crippen LogP contribution in [0.2, 0.25) is 0 Å². The predicted octanol–water partition coefficient (Wildman–Crippen LogP) is 3.40. The minimum atomic E-state index is 0.431. The van der Waals surface area contributed by atoms with Gasteiger partial charge in [-0.3, -0.25) is 0 Å². The Kier molecular flexibility index (Phi) is 4.75. The van der Waals surface area contributed by atoms with Gasteiger partial charge in [-0.05, 0) is 51.8 Å². The van der Waals surface area contributed by atoms with E-state index in [2.05, 4.69) is 50.9 Å². The van der Waals surface area contributed by atoms with E-state index < -0.39 is 0 Å². The highest BCUT2D eigenvalue weighted by Gasteiger charge is 2.07. The van der Waals surface area contributed by atoms with Crippen molar-refractivity contribution in [2.75, 3.05) is 7.05 Å². The van der Waals surface area contributed by atoms with Crippen LogP contribution in [-0.2, 0) is 6.42 Å². The number of hydrogen-bond donors (Lipinski definition) is 1. The molecule has 0 aromatic heterocycles. The smallest absolute Gasteiger partial charge is 0.0274 e. The summed E-state index contributed by atoms with van der Waals surface area (Å²) >= 11 is 0. The number of aryl methyl sites for hydroxylation is 3. The van der Waals surface area contributed by atoms with Gasteiger partial charge in [0.15, 0.2) is 0 Å². The molecule has 0 saturated heterocycles. The van der Waals surface area contributed by atoms with Crippen LogP contribution in [0.25, 0.3) is 0 Å². The van der Waals surface area contributed by atoms with E-state index in [0.717, 1.165) is 12.8 Å². The van der Waals surface area contributed by atoms with E-state index in [1.807, 2.05) is 7.05 Å². The molecule has 0 bridgehead atoms. The first-order valence-corrected chi connectivity index (χ1v) is 5.93. The van der Waals surface area contributed by atoms with Gasteiger partial charge in [0.05, 0.1) is 0 Å². The summed E-state index contributed by atoms with van der Waals surface area (Å²) in [5.41, 5.74) is 5.40. The summed E-state index contributed by atoms with van der Waals surface area (Å²) in [6.07, 6.45) is 2.24. The number of likely N-dealkylation sites (N-methyl/N-ethyl adjacent to an activating group) is 1. The summed E-state index contributed by atoms with van der Waals surface area (Å²) in [4.78, 5) is 0. The molecular formula is C15H23N. The number of benzene rings is 1. The molecule has 0 aliphatic carbocycles. The van der Waals surface area contributed by atoms with E-state index in [9.17, 15) is 0 Å². The lowest BCUT2D eigenvalue weighted by Gasteiger charge is -2.16. The summed E-state index contributed by atoms with van der Waals surface area (Å²) < 4.78 is 0. The molecule has 1 nitrogen and oxygen atoms in total. The average molecular weight is 217 g/mol. The third-order valence-electron chi connectivity index (χ3n) is 3.14. The zero-order valence-corrected chi connectivity index (χ0v) is 10.9. The van der Waals surface area contributed by atoms with Crippen LogP contribution < -0.4 is 5.32 Å². The number of hydrogen-bond acceptors (Lipinski definition) is 1. The minimum absolute atomic E-state index is 0.431. The molecule has 0 amide bonds. The Balaban J connectivity index is 2.63. The predicted molar refractivity (Wildman–Crippen MR) is 71.9 cm³/mol. The minimum Gasteiger partial charge on any atom is -0.313 e. The number of nitrogens with one attached hydrogen (secondary N) is 1. The molecule has 0 radical (unpaired) electrons. The molecule has 1 heteroatoms. The van der Waals surface area contributed by atoms with Crippen LogP contribution in [0.1, 0.15) is 30.0 Å². The molecule has 1 rings (SSSR count). The zero-order chi connectivity index (χ0) is 12.1. The molecule has 1 aromatic rings. The first-order chi connectivity index (χ1) is 7.54. The van der Waals surface area contributed by atoms with Crippen LogP contribution in [-0.4, -0.2) is 13.1 Å². The molecule has 88 valence electrons. The standard InChI is InChI=1S/C15H23N/c1-11(2)15(16-5)9-8-14-7-6-12(3)10-13(14)4/h6-7,10,15-16H,1,8-9H2,2-5H3. The summed E-state index contributed by atoms with van der Waals surface area (Å²) in [6.45, 7) is 10.4. The van der Waals surface area contributed by atoms with Gasteiger partial charge in [0, 0.05) is 6.04 Å². The van der Waals surface area contributed by atoms with E-state index in [1.54, 1.807) is 0 Å². The maximum atomic E-state index is 4.01. The third-order valence-corrected chi connectivity index (χ3v) is 3.14. The monoisotopic (exact) mass is 217 g/mol. The van der Waals surface area contributed by atoms with Gasteiger partial charge in [-0.1, -0.05) is 35.9 Å². The summed E-state index contributed by atoms with van der Waals surface area (Å²) in [5, 5.41) is 3.30. The van der Waals surface area contributed by atoms with Crippen LogP contribution in [0.5, 0.6) is 0 Å². The van der Waals surface area contributed by atoms with Crippen molar-refractivity contribution in [1.29, 1.82) is 0 Å². The second-order valence-electron chi connectivity index (χ2n) is 4.66. The zero-order valence-electron chi connectivity index (χ0n) is 10.9. The molecule has 0 saturated carbocycles. The van der Waals surface area contributed by atoms with Gasteiger partial charge in [-0.15, -0.1) is 0 Å². The second kappa shape index (κ2) is 5.86. The molecule has 1 N–H and O–H groups in total. The molecule has 16 heavy (non-hydrogen) atoms. The molecule has 1 unspecified atom stereocenters. The van der Waals surface area contributed by atoms with Crippen molar-refractivity contribution in [3.63, 3.8) is 0 Å². The summed E-state index contributed by atoms with van der Waals surface area (Å²) in [6, 6.07) is 7.12. The van der Waals surface area contributed by atoms with Crippen LogP contribution >= 0.6 is 0 Å². The lowest BCUT2D eigenvalue weighted by Crippen LogP contribution is -2.26. The molecule has 0 fully saturated rings. The van der Waals surface area contributed by atoms with Gasteiger partial charge in [-0.25, -0.2) is 0 Å². The van der Waals surface area contributed by atoms with Crippen molar-refractivity contribution in [3.05, 3.63) is 47.0 Å². The van der Waals surface area contributed by atoms with Crippen molar-refractivity contribution in [3.8, 4) is 0 Å². The van der Waals surface area contributed by atoms with Gasteiger partial charge >= 0.3 is 0 Å². The van der Waals surface area contributed by atoms with E-state index in [0.29, 0.717) is 6.04 Å².